The van der Waals surface area contributed by atoms with E-state index in [9.17, 15) is 0 Å². The highest BCUT2D eigenvalue weighted by Gasteiger charge is 2.05. The Morgan fingerprint density at radius 1 is 1.21 bits per heavy atom. The first-order valence-corrected chi connectivity index (χ1v) is 6.61. The van der Waals surface area contributed by atoms with Crippen LogP contribution in [0.1, 0.15) is 11.3 Å². The first kappa shape index (κ1) is 14.1. The number of halogens is 2. The SMILES string of the molecule is CNCc1ccc(OCc2cccc(Cl)c2Cl)cn1. The van der Waals surface area contributed by atoms with E-state index in [1.165, 1.54) is 0 Å². The van der Waals surface area contributed by atoms with Gasteiger partial charge in [-0.05, 0) is 25.2 Å². The van der Waals surface area contributed by atoms with Gasteiger partial charge in [-0.15, -0.1) is 0 Å². The predicted molar refractivity (Wildman–Crippen MR) is 77.8 cm³/mol. The molecule has 3 nitrogen and oxygen atoms in total. The lowest BCUT2D eigenvalue weighted by atomic mass is 10.2. The molecule has 0 spiro atoms. The Morgan fingerprint density at radius 3 is 2.74 bits per heavy atom. The van der Waals surface area contributed by atoms with Crippen LogP contribution in [0.4, 0.5) is 0 Å². The molecule has 1 aromatic carbocycles. The van der Waals surface area contributed by atoms with Crippen LogP contribution in [0.15, 0.2) is 36.5 Å². The van der Waals surface area contributed by atoms with Crippen LogP contribution in [0.3, 0.4) is 0 Å². The minimum Gasteiger partial charge on any atom is -0.487 e. The molecule has 100 valence electrons. The Labute approximate surface area is 122 Å². The van der Waals surface area contributed by atoms with Gasteiger partial charge in [-0.25, -0.2) is 0 Å². The molecule has 0 fully saturated rings. The fraction of sp³-hybridized carbons (Fsp3) is 0.214. The molecule has 0 atom stereocenters. The summed E-state index contributed by atoms with van der Waals surface area (Å²) in [5.74, 6) is 0.705. The molecule has 5 heteroatoms. The van der Waals surface area contributed by atoms with Gasteiger partial charge in [0.25, 0.3) is 0 Å². The van der Waals surface area contributed by atoms with Crippen LogP contribution in [0.2, 0.25) is 10.0 Å². The summed E-state index contributed by atoms with van der Waals surface area (Å²) < 4.78 is 5.64. The first-order chi connectivity index (χ1) is 9.20. The molecule has 0 amide bonds. The molecule has 2 rings (SSSR count). The monoisotopic (exact) mass is 296 g/mol. The van der Waals surface area contributed by atoms with E-state index in [2.05, 4.69) is 10.3 Å². The predicted octanol–water partition coefficient (Wildman–Crippen LogP) is 3.69. The van der Waals surface area contributed by atoms with Gasteiger partial charge in [-0.2, -0.15) is 0 Å². The zero-order chi connectivity index (χ0) is 13.7. The summed E-state index contributed by atoms with van der Waals surface area (Å²) in [5, 5.41) is 4.10. The summed E-state index contributed by atoms with van der Waals surface area (Å²) in [5.41, 5.74) is 1.82. The van der Waals surface area contributed by atoms with Crippen LogP contribution in [0, 0.1) is 0 Å². The molecule has 2 aromatic rings. The lowest BCUT2D eigenvalue weighted by molar-refractivity contribution is 0.305. The van der Waals surface area contributed by atoms with Gasteiger partial charge >= 0.3 is 0 Å². The van der Waals surface area contributed by atoms with Crippen molar-refractivity contribution in [2.24, 2.45) is 0 Å². The quantitative estimate of drug-likeness (QED) is 0.914. The molecule has 0 aliphatic rings. The minimum absolute atomic E-state index is 0.368. The molecule has 0 aliphatic heterocycles. The van der Waals surface area contributed by atoms with Gasteiger partial charge in [-0.1, -0.05) is 35.3 Å². The summed E-state index contributed by atoms with van der Waals surface area (Å²) in [6.45, 7) is 1.10. The molecule has 0 saturated heterocycles. The molecule has 0 radical (unpaired) electrons. The second kappa shape index (κ2) is 6.75. The van der Waals surface area contributed by atoms with Crippen molar-refractivity contribution in [3.05, 3.63) is 57.8 Å². The zero-order valence-electron chi connectivity index (χ0n) is 10.5. The molecule has 0 aliphatic carbocycles. The molecule has 1 aromatic heterocycles. The van der Waals surface area contributed by atoms with Crippen LogP contribution in [-0.2, 0) is 13.2 Å². The van der Waals surface area contributed by atoms with Gasteiger partial charge in [0.1, 0.15) is 12.4 Å². The highest BCUT2D eigenvalue weighted by Crippen LogP contribution is 2.26. The molecule has 0 bridgehead atoms. The minimum atomic E-state index is 0.368. The Morgan fingerprint density at radius 2 is 2.05 bits per heavy atom. The lowest BCUT2D eigenvalue weighted by Crippen LogP contribution is -2.06. The van der Waals surface area contributed by atoms with Crippen molar-refractivity contribution in [3.8, 4) is 5.75 Å². The van der Waals surface area contributed by atoms with Crippen LogP contribution in [-0.4, -0.2) is 12.0 Å². The third-order valence-electron chi connectivity index (χ3n) is 2.58. The second-order valence-corrected chi connectivity index (χ2v) is 4.80. The van der Waals surface area contributed by atoms with E-state index < -0.39 is 0 Å². The van der Waals surface area contributed by atoms with Gasteiger partial charge in [0.15, 0.2) is 0 Å². The van der Waals surface area contributed by atoms with Gasteiger partial charge in [0.2, 0.25) is 0 Å². The normalized spacial score (nSPS) is 10.5. The molecular formula is C14H14Cl2N2O. The van der Waals surface area contributed by atoms with Crippen LogP contribution in [0.5, 0.6) is 5.75 Å². The summed E-state index contributed by atoms with van der Waals surface area (Å²) in [6.07, 6.45) is 1.70. The van der Waals surface area contributed by atoms with Crippen molar-refractivity contribution in [1.29, 1.82) is 0 Å². The highest BCUT2D eigenvalue weighted by atomic mass is 35.5. The van der Waals surface area contributed by atoms with Crippen molar-refractivity contribution in [2.75, 3.05) is 7.05 Å². The number of ether oxygens (including phenoxy) is 1. The lowest BCUT2D eigenvalue weighted by Gasteiger charge is -2.08. The van der Waals surface area contributed by atoms with Gasteiger partial charge in [0.05, 0.1) is 21.9 Å². The van der Waals surface area contributed by atoms with Crippen LogP contribution < -0.4 is 10.1 Å². The molecule has 1 N–H and O–H groups in total. The number of hydrogen-bond donors (Lipinski definition) is 1. The molecule has 0 unspecified atom stereocenters. The van der Waals surface area contributed by atoms with Gasteiger partial charge < -0.3 is 10.1 Å². The number of aromatic nitrogens is 1. The third-order valence-corrected chi connectivity index (χ3v) is 3.44. The van der Waals surface area contributed by atoms with E-state index in [1.54, 1.807) is 12.3 Å². The molecule has 0 saturated carbocycles. The van der Waals surface area contributed by atoms with E-state index in [-0.39, 0.29) is 0 Å². The molecule has 1 heterocycles. The largest absolute Gasteiger partial charge is 0.487 e. The fourth-order valence-corrected chi connectivity index (χ4v) is 1.98. The molecule has 19 heavy (non-hydrogen) atoms. The van der Waals surface area contributed by atoms with E-state index >= 15 is 0 Å². The van der Waals surface area contributed by atoms with E-state index in [0.717, 1.165) is 17.8 Å². The number of rotatable bonds is 5. The number of hydrogen-bond acceptors (Lipinski definition) is 3. The van der Waals surface area contributed by atoms with Crippen molar-refractivity contribution < 1.29 is 4.74 Å². The van der Waals surface area contributed by atoms with E-state index in [4.69, 9.17) is 27.9 Å². The van der Waals surface area contributed by atoms with Gasteiger partial charge in [-0.3, -0.25) is 4.98 Å². The van der Waals surface area contributed by atoms with E-state index in [1.807, 2.05) is 31.3 Å². The smallest absolute Gasteiger partial charge is 0.138 e. The maximum atomic E-state index is 6.09. The Hall–Kier alpha value is -1.29. The maximum absolute atomic E-state index is 6.09. The Balaban J connectivity index is 2.00. The number of nitrogens with zero attached hydrogens (tertiary/aromatic N) is 1. The highest BCUT2D eigenvalue weighted by molar-refractivity contribution is 6.42. The standard InChI is InChI=1S/C14H14Cl2N2O/c1-17-7-11-5-6-12(8-18-11)19-9-10-3-2-4-13(15)14(10)16/h2-6,8,17H,7,9H2,1H3. The fourth-order valence-electron chi connectivity index (χ4n) is 1.60. The average Bonchev–Trinajstić information content (AvgIpc) is 2.42. The Bertz CT molecular complexity index is 544. The second-order valence-electron chi connectivity index (χ2n) is 4.02. The van der Waals surface area contributed by atoms with Crippen molar-refractivity contribution in [3.63, 3.8) is 0 Å². The summed E-state index contributed by atoms with van der Waals surface area (Å²) in [4.78, 5) is 4.27. The number of benzene rings is 1. The van der Waals surface area contributed by atoms with Crippen molar-refractivity contribution in [2.45, 2.75) is 13.2 Å². The number of pyridine rings is 1. The van der Waals surface area contributed by atoms with Crippen molar-refractivity contribution >= 4 is 23.2 Å². The number of nitrogens with one attached hydrogen (secondary N) is 1. The van der Waals surface area contributed by atoms with E-state index in [0.29, 0.717) is 22.4 Å². The summed E-state index contributed by atoms with van der Waals surface area (Å²) in [6, 6.07) is 9.29. The van der Waals surface area contributed by atoms with Gasteiger partial charge in [0, 0.05) is 12.1 Å². The Kier molecular flexibility index (Phi) is 5.02. The van der Waals surface area contributed by atoms with Crippen LogP contribution in [0.25, 0.3) is 0 Å². The zero-order valence-corrected chi connectivity index (χ0v) is 12.0. The summed E-state index contributed by atoms with van der Waals surface area (Å²) in [7, 11) is 1.88. The summed E-state index contributed by atoms with van der Waals surface area (Å²) >= 11 is 12.0. The van der Waals surface area contributed by atoms with Crippen molar-refractivity contribution in [1.82, 2.24) is 10.3 Å². The first-order valence-electron chi connectivity index (χ1n) is 5.86. The van der Waals surface area contributed by atoms with Crippen LogP contribution >= 0.6 is 23.2 Å². The topological polar surface area (TPSA) is 34.1 Å². The third kappa shape index (κ3) is 3.83. The molecular weight excluding hydrogens is 283 g/mol. The maximum Gasteiger partial charge on any atom is 0.138 e. The average molecular weight is 297 g/mol.